The van der Waals surface area contributed by atoms with Gasteiger partial charge in [-0.2, -0.15) is 0 Å². The van der Waals surface area contributed by atoms with E-state index in [4.69, 9.17) is 5.11 Å². The van der Waals surface area contributed by atoms with E-state index in [1.54, 1.807) is 12.1 Å². The van der Waals surface area contributed by atoms with Crippen LogP contribution < -0.4 is 0 Å². The van der Waals surface area contributed by atoms with Gasteiger partial charge in [0.15, 0.2) is 0 Å². The number of hydrogen-bond acceptors (Lipinski definition) is 1. The molecule has 1 rings (SSSR count). The van der Waals surface area contributed by atoms with Crippen LogP contribution in [0.4, 0.5) is 0 Å². The van der Waals surface area contributed by atoms with Gasteiger partial charge in [-0.15, -0.1) is 0 Å². The van der Waals surface area contributed by atoms with Crippen molar-refractivity contribution in [3.8, 4) is 0 Å². The first-order valence-electron chi connectivity index (χ1n) is 3.30. The molecule has 0 atom stereocenters. The van der Waals surface area contributed by atoms with Crippen LogP contribution in [0.2, 0.25) is 0 Å². The van der Waals surface area contributed by atoms with Crippen LogP contribution in [0, 0.1) is 3.57 Å². The number of carboxylic acids is 1. The molecule has 0 heterocycles. The second-order valence-electron chi connectivity index (χ2n) is 2.26. The topological polar surface area (TPSA) is 37.3 Å². The number of benzene rings is 1. The Bertz CT molecular complexity index is 331. The number of rotatable bonds is 2. The van der Waals surface area contributed by atoms with Crippen molar-refractivity contribution >= 4 is 34.1 Å². The van der Waals surface area contributed by atoms with Crippen molar-refractivity contribution in [2.45, 2.75) is 0 Å². The van der Waals surface area contributed by atoms with Crippen LogP contribution in [0.5, 0.6) is 0 Å². The average molecular weight is 274 g/mol. The van der Waals surface area contributed by atoms with Gasteiger partial charge in [0.1, 0.15) is 0 Å². The monoisotopic (exact) mass is 274 g/mol. The van der Waals surface area contributed by atoms with E-state index < -0.39 is 5.97 Å². The highest BCUT2D eigenvalue weighted by atomic mass is 127. The van der Waals surface area contributed by atoms with Crippen LogP contribution in [-0.2, 0) is 4.79 Å². The van der Waals surface area contributed by atoms with E-state index in [1.807, 2.05) is 12.1 Å². The van der Waals surface area contributed by atoms with Gasteiger partial charge in [0.2, 0.25) is 0 Å². The van der Waals surface area contributed by atoms with Gasteiger partial charge in [0.05, 0.1) is 5.57 Å². The van der Waals surface area contributed by atoms with E-state index >= 15 is 0 Å². The molecule has 3 heteroatoms. The van der Waals surface area contributed by atoms with Crippen LogP contribution in [0.3, 0.4) is 0 Å². The number of carboxylic acid groups (broad SMARTS) is 1. The highest BCUT2D eigenvalue weighted by molar-refractivity contribution is 14.1. The molecule has 0 fully saturated rings. The predicted octanol–water partition coefficient (Wildman–Crippen LogP) is 2.39. The second-order valence-corrected chi connectivity index (χ2v) is 3.43. The Labute approximate surface area is 84.1 Å². The Hall–Kier alpha value is -0.840. The highest BCUT2D eigenvalue weighted by Gasteiger charge is 2.08. The zero-order valence-electron chi connectivity index (χ0n) is 6.25. The molecule has 62 valence electrons. The summed E-state index contributed by atoms with van der Waals surface area (Å²) in [6.07, 6.45) is 0. The molecule has 1 N–H and O–H groups in total. The first-order valence-corrected chi connectivity index (χ1v) is 4.38. The van der Waals surface area contributed by atoms with Crippen LogP contribution in [0.15, 0.2) is 30.8 Å². The van der Waals surface area contributed by atoms with Crippen molar-refractivity contribution in [3.63, 3.8) is 0 Å². The Kier molecular flexibility index (Phi) is 2.86. The molecule has 0 amide bonds. The number of halogens is 1. The molecule has 0 saturated heterocycles. The Morgan fingerprint density at radius 2 is 2.00 bits per heavy atom. The van der Waals surface area contributed by atoms with E-state index in [9.17, 15) is 4.79 Å². The van der Waals surface area contributed by atoms with Gasteiger partial charge in [-0.25, -0.2) is 4.79 Å². The SMILES string of the molecule is C=C(C(=O)O)c1ccccc1I. The van der Waals surface area contributed by atoms with Gasteiger partial charge in [0, 0.05) is 9.13 Å². The van der Waals surface area contributed by atoms with Gasteiger partial charge >= 0.3 is 5.97 Å². The molecule has 0 aliphatic rings. The zero-order chi connectivity index (χ0) is 9.14. The lowest BCUT2D eigenvalue weighted by Crippen LogP contribution is -1.99. The minimum Gasteiger partial charge on any atom is -0.478 e. The van der Waals surface area contributed by atoms with Crippen molar-refractivity contribution in [1.29, 1.82) is 0 Å². The van der Waals surface area contributed by atoms with E-state index in [-0.39, 0.29) is 5.57 Å². The molecule has 1 aromatic carbocycles. The minimum atomic E-state index is -0.973. The van der Waals surface area contributed by atoms with Gasteiger partial charge in [-0.3, -0.25) is 0 Å². The standard InChI is InChI=1S/C9H7IO2/c1-6(9(11)12)7-4-2-3-5-8(7)10/h2-5H,1H2,(H,11,12). The first kappa shape index (κ1) is 9.25. The van der Waals surface area contributed by atoms with Crippen LogP contribution in [0.25, 0.3) is 5.57 Å². The molecule has 0 spiro atoms. The maximum atomic E-state index is 10.5. The molecule has 0 bridgehead atoms. The van der Waals surface area contributed by atoms with Crippen molar-refractivity contribution in [3.05, 3.63) is 40.0 Å². The first-order chi connectivity index (χ1) is 5.63. The van der Waals surface area contributed by atoms with Gasteiger partial charge < -0.3 is 5.11 Å². The van der Waals surface area contributed by atoms with Crippen LogP contribution >= 0.6 is 22.6 Å². The summed E-state index contributed by atoms with van der Waals surface area (Å²) in [5.41, 5.74) is 0.825. The summed E-state index contributed by atoms with van der Waals surface area (Å²) in [6, 6.07) is 7.26. The fraction of sp³-hybridized carbons (Fsp3) is 0. The summed E-state index contributed by atoms with van der Waals surface area (Å²) >= 11 is 2.08. The molecule has 0 unspecified atom stereocenters. The van der Waals surface area contributed by atoms with Crippen molar-refractivity contribution < 1.29 is 9.90 Å². The predicted molar refractivity (Wildman–Crippen MR) is 55.8 cm³/mol. The number of carbonyl (C=O) groups is 1. The van der Waals surface area contributed by atoms with Crippen molar-refractivity contribution in [2.24, 2.45) is 0 Å². The third-order valence-electron chi connectivity index (χ3n) is 1.46. The zero-order valence-corrected chi connectivity index (χ0v) is 8.41. The maximum absolute atomic E-state index is 10.5. The lowest BCUT2D eigenvalue weighted by atomic mass is 10.1. The van der Waals surface area contributed by atoms with Gasteiger partial charge in [-0.05, 0) is 28.7 Å². The van der Waals surface area contributed by atoms with Crippen molar-refractivity contribution in [1.82, 2.24) is 0 Å². The quantitative estimate of drug-likeness (QED) is 0.664. The summed E-state index contributed by atoms with van der Waals surface area (Å²) in [5, 5.41) is 8.66. The molecule has 1 aromatic rings. The molecule has 0 aliphatic heterocycles. The fourth-order valence-electron chi connectivity index (χ4n) is 0.821. The van der Waals surface area contributed by atoms with E-state index in [0.717, 1.165) is 3.57 Å². The largest absolute Gasteiger partial charge is 0.478 e. The second kappa shape index (κ2) is 3.71. The molecule has 0 saturated carbocycles. The lowest BCUT2D eigenvalue weighted by molar-refractivity contribution is -0.130. The molecular formula is C9H7IO2. The lowest BCUT2D eigenvalue weighted by Gasteiger charge is -2.01. The molecule has 2 nitrogen and oxygen atoms in total. The van der Waals surface area contributed by atoms with E-state index in [2.05, 4.69) is 29.2 Å². The third kappa shape index (κ3) is 1.85. The van der Waals surface area contributed by atoms with Crippen LogP contribution in [-0.4, -0.2) is 11.1 Å². The Morgan fingerprint density at radius 3 is 2.50 bits per heavy atom. The Balaban J connectivity index is 3.11. The molecule has 0 aromatic heterocycles. The maximum Gasteiger partial charge on any atom is 0.335 e. The molecule has 0 aliphatic carbocycles. The molecule has 12 heavy (non-hydrogen) atoms. The van der Waals surface area contributed by atoms with E-state index in [0.29, 0.717) is 5.56 Å². The number of aliphatic carboxylic acids is 1. The number of hydrogen-bond donors (Lipinski definition) is 1. The summed E-state index contributed by atoms with van der Waals surface area (Å²) < 4.78 is 0.905. The average Bonchev–Trinajstić information content (AvgIpc) is 2.04. The third-order valence-corrected chi connectivity index (χ3v) is 2.40. The summed E-state index contributed by atoms with van der Waals surface area (Å²) in [7, 11) is 0. The normalized spacial score (nSPS) is 9.42. The van der Waals surface area contributed by atoms with Crippen LogP contribution in [0.1, 0.15) is 5.56 Å². The van der Waals surface area contributed by atoms with E-state index in [1.165, 1.54) is 0 Å². The molecular weight excluding hydrogens is 267 g/mol. The Morgan fingerprint density at radius 1 is 1.42 bits per heavy atom. The van der Waals surface area contributed by atoms with Gasteiger partial charge in [0.25, 0.3) is 0 Å². The summed E-state index contributed by atoms with van der Waals surface area (Å²) in [6.45, 7) is 3.48. The van der Waals surface area contributed by atoms with Gasteiger partial charge in [-0.1, -0.05) is 24.8 Å². The minimum absolute atomic E-state index is 0.139. The van der Waals surface area contributed by atoms with Crippen molar-refractivity contribution in [2.75, 3.05) is 0 Å². The summed E-state index contributed by atoms with van der Waals surface area (Å²) in [5.74, 6) is -0.973. The smallest absolute Gasteiger partial charge is 0.335 e. The highest BCUT2D eigenvalue weighted by Crippen LogP contribution is 2.19. The fourth-order valence-corrected chi connectivity index (χ4v) is 1.53. The molecule has 0 radical (unpaired) electrons. The summed E-state index contributed by atoms with van der Waals surface area (Å²) in [4.78, 5) is 10.5.